The van der Waals surface area contributed by atoms with Crippen LogP contribution in [-0.2, 0) is 15.0 Å². The number of hydrogen-bond acceptors (Lipinski definition) is 5. The Morgan fingerprint density at radius 1 is 1.00 bits per heavy atom. The third-order valence-corrected chi connectivity index (χ3v) is 7.94. The van der Waals surface area contributed by atoms with Crippen molar-refractivity contribution in [1.82, 2.24) is 0 Å². The number of allylic oxidation sites excluding steroid dienone is 1. The molecule has 6 heteroatoms. The van der Waals surface area contributed by atoms with Gasteiger partial charge in [0.1, 0.15) is 11.5 Å². The number of Topliss-reactive ketones (excluding diaryl/α,β-unsaturated/α-hetero) is 2. The highest BCUT2D eigenvalue weighted by atomic mass is 16.3. The van der Waals surface area contributed by atoms with Crippen LogP contribution in [0.15, 0.2) is 77.4 Å². The highest BCUT2D eigenvalue weighted by Crippen LogP contribution is 2.59. The first-order chi connectivity index (χ1) is 17.2. The third kappa shape index (κ3) is 2.81. The Bertz CT molecular complexity index is 1450. The van der Waals surface area contributed by atoms with Gasteiger partial charge in [0, 0.05) is 22.4 Å². The lowest BCUT2D eigenvalue weighted by atomic mass is 9.63. The summed E-state index contributed by atoms with van der Waals surface area (Å²) in [6.07, 6.45) is 3.51. The first-order valence-corrected chi connectivity index (χ1v) is 12.3. The number of para-hydroxylation sites is 2. The molecule has 3 aliphatic heterocycles. The van der Waals surface area contributed by atoms with Crippen LogP contribution in [0.2, 0.25) is 0 Å². The van der Waals surface area contributed by atoms with Gasteiger partial charge in [0.15, 0.2) is 11.5 Å². The van der Waals surface area contributed by atoms with Crippen LogP contribution in [0.1, 0.15) is 49.4 Å². The Morgan fingerprint density at radius 2 is 1.72 bits per heavy atom. The molecule has 36 heavy (non-hydrogen) atoms. The zero-order valence-electron chi connectivity index (χ0n) is 20.7. The van der Waals surface area contributed by atoms with E-state index in [2.05, 4.69) is 11.4 Å². The van der Waals surface area contributed by atoms with Crippen LogP contribution in [0.5, 0.6) is 0 Å². The van der Waals surface area contributed by atoms with Crippen LogP contribution < -0.4 is 10.2 Å². The van der Waals surface area contributed by atoms with E-state index < -0.39 is 28.8 Å². The Balaban J connectivity index is 1.72. The Morgan fingerprint density at radius 3 is 2.44 bits per heavy atom. The van der Waals surface area contributed by atoms with Gasteiger partial charge in [0.05, 0.1) is 18.2 Å². The summed E-state index contributed by atoms with van der Waals surface area (Å²) in [6, 6.07) is 17.3. The summed E-state index contributed by atoms with van der Waals surface area (Å²) in [5, 5.41) is 3.04. The van der Waals surface area contributed by atoms with E-state index in [1.165, 1.54) is 6.26 Å². The summed E-state index contributed by atoms with van der Waals surface area (Å²) in [6.45, 7) is 7.61. The summed E-state index contributed by atoms with van der Waals surface area (Å²) in [4.78, 5) is 44.8. The average Bonchev–Trinajstić information content (AvgIpc) is 3.55. The minimum atomic E-state index is -1.30. The van der Waals surface area contributed by atoms with Crippen molar-refractivity contribution in [2.45, 2.75) is 45.2 Å². The van der Waals surface area contributed by atoms with E-state index in [4.69, 9.17) is 4.42 Å². The molecule has 1 saturated heterocycles. The molecule has 6 nitrogen and oxygen atoms in total. The van der Waals surface area contributed by atoms with Crippen LogP contribution >= 0.6 is 0 Å². The van der Waals surface area contributed by atoms with E-state index in [-0.39, 0.29) is 23.2 Å². The molecule has 0 saturated carbocycles. The maximum absolute atomic E-state index is 14.3. The minimum absolute atomic E-state index is 0.0887. The molecular formula is C30H28N2O4. The van der Waals surface area contributed by atoms with Crippen LogP contribution in [0.3, 0.4) is 0 Å². The van der Waals surface area contributed by atoms with E-state index in [1.807, 2.05) is 81.1 Å². The summed E-state index contributed by atoms with van der Waals surface area (Å²) >= 11 is 0. The van der Waals surface area contributed by atoms with Gasteiger partial charge in [0.25, 0.3) is 0 Å². The molecule has 1 fully saturated rings. The highest BCUT2D eigenvalue weighted by molar-refractivity contribution is 6.16. The van der Waals surface area contributed by atoms with Gasteiger partial charge in [0.2, 0.25) is 11.7 Å². The summed E-state index contributed by atoms with van der Waals surface area (Å²) in [7, 11) is 0. The largest absolute Gasteiger partial charge is 0.461 e. The van der Waals surface area contributed by atoms with Crippen molar-refractivity contribution in [1.29, 1.82) is 0 Å². The van der Waals surface area contributed by atoms with Crippen molar-refractivity contribution in [3.8, 4) is 0 Å². The molecule has 1 amide bonds. The normalized spacial score (nSPS) is 26.2. The molecule has 182 valence electrons. The van der Waals surface area contributed by atoms with E-state index in [1.54, 1.807) is 12.1 Å². The summed E-state index contributed by atoms with van der Waals surface area (Å²) in [5.74, 6) is -1.53. The SMILES string of the molecule is CC1=C[C@H]2N(c3ccccc31)[C@H](C(=O)C(C)(C)C)[C@@H](C(=O)c1ccco1)[C@]21C(=O)Nc2ccccc21. The maximum atomic E-state index is 14.3. The van der Waals surface area contributed by atoms with E-state index in [0.717, 1.165) is 22.4 Å². The van der Waals surface area contributed by atoms with Crippen LogP contribution in [0.4, 0.5) is 11.4 Å². The van der Waals surface area contributed by atoms with Crippen molar-refractivity contribution in [3.63, 3.8) is 0 Å². The van der Waals surface area contributed by atoms with Crippen LogP contribution in [0, 0.1) is 11.3 Å². The van der Waals surface area contributed by atoms with Gasteiger partial charge in [-0.3, -0.25) is 14.4 Å². The molecule has 4 heterocycles. The highest BCUT2D eigenvalue weighted by Gasteiger charge is 2.71. The van der Waals surface area contributed by atoms with Gasteiger partial charge < -0.3 is 14.6 Å². The number of ketones is 2. The molecule has 1 N–H and O–H groups in total. The molecule has 1 aromatic heterocycles. The molecular weight excluding hydrogens is 452 g/mol. The molecule has 0 bridgehead atoms. The topological polar surface area (TPSA) is 79.6 Å². The number of rotatable bonds is 3. The molecule has 0 unspecified atom stereocenters. The zero-order valence-corrected chi connectivity index (χ0v) is 20.7. The second-order valence-electron chi connectivity index (χ2n) is 11.0. The predicted molar refractivity (Wildman–Crippen MR) is 138 cm³/mol. The van der Waals surface area contributed by atoms with E-state index >= 15 is 0 Å². The lowest BCUT2D eigenvalue weighted by Crippen LogP contribution is -2.51. The smallest absolute Gasteiger partial charge is 0.238 e. The van der Waals surface area contributed by atoms with Crippen molar-refractivity contribution >= 4 is 34.4 Å². The quantitative estimate of drug-likeness (QED) is 0.518. The molecule has 2 aromatic carbocycles. The molecule has 6 rings (SSSR count). The molecule has 3 aromatic rings. The predicted octanol–water partition coefficient (Wildman–Crippen LogP) is 5.26. The Labute approximate surface area is 210 Å². The number of hydrogen-bond donors (Lipinski definition) is 1. The molecule has 0 radical (unpaired) electrons. The molecule has 1 spiro atoms. The monoisotopic (exact) mass is 480 g/mol. The fraction of sp³-hybridized carbons (Fsp3) is 0.300. The first-order valence-electron chi connectivity index (χ1n) is 12.3. The summed E-state index contributed by atoms with van der Waals surface area (Å²) < 4.78 is 5.56. The summed E-state index contributed by atoms with van der Waals surface area (Å²) in [5.41, 5.74) is 2.22. The van der Waals surface area contributed by atoms with Crippen molar-refractivity contribution in [2.24, 2.45) is 11.3 Å². The number of anilines is 2. The number of furan rings is 1. The zero-order chi connectivity index (χ0) is 25.4. The maximum Gasteiger partial charge on any atom is 0.238 e. The van der Waals surface area contributed by atoms with Gasteiger partial charge in [-0.1, -0.05) is 63.2 Å². The number of nitrogens with zero attached hydrogens (tertiary/aromatic N) is 1. The second kappa shape index (κ2) is 7.53. The fourth-order valence-corrected chi connectivity index (χ4v) is 6.40. The third-order valence-electron chi connectivity index (χ3n) is 7.94. The average molecular weight is 481 g/mol. The van der Waals surface area contributed by atoms with Crippen molar-refractivity contribution in [2.75, 3.05) is 10.2 Å². The number of carbonyl (C=O) groups is 3. The Hall–Kier alpha value is -3.93. The number of carbonyl (C=O) groups excluding carboxylic acids is 3. The number of amides is 1. The van der Waals surface area contributed by atoms with E-state index in [0.29, 0.717) is 5.69 Å². The molecule has 3 aliphatic rings. The lowest BCUT2D eigenvalue weighted by molar-refractivity contribution is -0.128. The van der Waals surface area contributed by atoms with Crippen molar-refractivity contribution < 1.29 is 18.8 Å². The van der Waals surface area contributed by atoms with E-state index in [9.17, 15) is 14.4 Å². The number of fused-ring (bicyclic) bond motifs is 6. The fourth-order valence-electron chi connectivity index (χ4n) is 6.40. The Kier molecular flexibility index (Phi) is 4.71. The second-order valence-corrected chi connectivity index (χ2v) is 11.0. The van der Waals surface area contributed by atoms with Gasteiger partial charge in [-0.2, -0.15) is 0 Å². The standard InChI is InChI=1S/C30H28N2O4/c1-17-16-23-30(19-11-6-7-12-20(19)31-28(30)35)24(26(33)22-14-9-15-36-22)25(27(34)29(2,3)4)32(23)21-13-8-5-10-18(17)21/h5-16,23-25H,1-4H3,(H,31,35)/t23-,24+,25+,30-/m1/s1. The van der Waals surface area contributed by atoms with Crippen molar-refractivity contribution in [3.05, 3.63) is 89.9 Å². The van der Waals surface area contributed by atoms with Gasteiger partial charge >= 0.3 is 0 Å². The molecule has 4 atom stereocenters. The number of nitrogens with one attached hydrogen (secondary N) is 1. The minimum Gasteiger partial charge on any atom is -0.461 e. The first kappa shape index (κ1) is 22.5. The number of benzene rings is 2. The van der Waals surface area contributed by atoms with Gasteiger partial charge in [-0.05, 0) is 42.3 Å². The lowest BCUT2D eigenvalue weighted by Gasteiger charge is -2.39. The molecule has 0 aliphatic carbocycles. The van der Waals surface area contributed by atoms with Crippen LogP contribution in [0.25, 0.3) is 5.57 Å². The van der Waals surface area contributed by atoms with Gasteiger partial charge in [-0.25, -0.2) is 0 Å². The van der Waals surface area contributed by atoms with Gasteiger partial charge in [-0.15, -0.1) is 0 Å². The van der Waals surface area contributed by atoms with Crippen LogP contribution in [-0.4, -0.2) is 29.6 Å².